The number of nitrogens with zero attached hydrogens (tertiary/aromatic N) is 2. The Kier molecular flexibility index (Phi) is 6.62. The number of anilines is 3. The van der Waals surface area contributed by atoms with Crippen molar-refractivity contribution in [3.8, 4) is 6.07 Å². The summed E-state index contributed by atoms with van der Waals surface area (Å²) in [6, 6.07) is 16.4. The normalized spacial score (nSPS) is 11.3. The lowest BCUT2D eigenvalue weighted by molar-refractivity contribution is 0.602. The molecule has 0 unspecified atom stereocenters. The highest BCUT2D eigenvalue weighted by molar-refractivity contribution is 7.90. The maximum atomic E-state index is 13.6. The Morgan fingerprint density at radius 2 is 1.74 bits per heavy atom. The molecule has 34 heavy (non-hydrogen) atoms. The van der Waals surface area contributed by atoms with E-state index < -0.39 is 15.7 Å². The van der Waals surface area contributed by atoms with Crippen LogP contribution in [0.25, 0.3) is 10.9 Å². The molecule has 0 amide bonds. The summed E-state index contributed by atoms with van der Waals surface area (Å²) in [6.07, 6.45) is 2.57. The molecular weight excluding hydrogens is 498 g/mol. The van der Waals surface area contributed by atoms with Crippen LogP contribution in [0.2, 0.25) is 10.0 Å². The Labute approximate surface area is 205 Å². The van der Waals surface area contributed by atoms with E-state index in [1.54, 1.807) is 36.4 Å². The highest BCUT2D eigenvalue weighted by atomic mass is 35.5. The molecule has 0 fully saturated rings. The molecule has 4 aromatic rings. The van der Waals surface area contributed by atoms with Gasteiger partial charge in [0.05, 0.1) is 31.7 Å². The van der Waals surface area contributed by atoms with Gasteiger partial charge in [-0.25, -0.2) is 12.8 Å². The van der Waals surface area contributed by atoms with Gasteiger partial charge in [0.15, 0.2) is 9.84 Å². The molecule has 0 radical (unpaired) electrons. The quantitative estimate of drug-likeness (QED) is 0.313. The third-order valence-corrected chi connectivity index (χ3v) is 6.79. The van der Waals surface area contributed by atoms with E-state index in [2.05, 4.69) is 21.7 Å². The van der Waals surface area contributed by atoms with E-state index in [9.17, 15) is 18.1 Å². The first kappa shape index (κ1) is 23.8. The first-order chi connectivity index (χ1) is 16.2. The van der Waals surface area contributed by atoms with Crippen molar-refractivity contribution in [3.05, 3.63) is 87.8 Å². The van der Waals surface area contributed by atoms with Crippen molar-refractivity contribution < 1.29 is 12.8 Å². The highest BCUT2D eigenvalue weighted by Gasteiger charge is 2.14. The molecule has 172 valence electrons. The Hall–Kier alpha value is -3.38. The number of benzene rings is 3. The minimum Gasteiger partial charge on any atom is -0.381 e. The van der Waals surface area contributed by atoms with Crippen LogP contribution in [0.5, 0.6) is 0 Å². The van der Waals surface area contributed by atoms with Gasteiger partial charge in [-0.15, -0.1) is 0 Å². The van der Waals surface area contributed by atoms with E-state index in [-0.39, 0.29) is 15.5 Å². The van der Waals surface area contributed by atoms with E-state index >= 15 is 0 Å². The van der Waals surface area contributed by atoms with Gasteiger partial charge in [-0.05, 0) is 48.0 Å². The van der Waals surface area contributed by atoms with Gasteiger partial charge in [0.1, 0.15) is 11.9 Å². The zero-order chi connectivity index (χ0) is 24.5. The molecule has 3 aromatic carbocycles. The zero-order valence-corrected chi connectivity index (χ0v) is 20.1. The predicted molar refractivity (Wildman–Crippen MR) is 133 cm³/mol. The SMILES string of the molecule is CS(=O)(=O)c1ccc(CNc2cc(Cl)c3ncc(C#N)c(Nc4ccc(F)c(Cl)c4)c3c2)cc1. The molecule has 1 heterocycles. The van der Waals surface area contributed by atoms with Crippen LogP contribution in [-0.2, 0) is 16.4 Å². The molecule has 2 N–H and O–H groups in total. The lowest BCUT2D eigenvalue weighted by atomic mass is 10.1. The minimum absolute atomic E-state index is 0.0517. The standard InChI is InChI=1S/C24H17Cl2FN4O2S/c1-34(32,33)18-5-2-14(3-6-18)12-29-17-8-19-23(31-16-4-7-22(27)20(25)9-16)15(11-28)13-30-24(19)21(26)10-17/h2-10,13,29H,12H2,1H3,(H,30,31). The Morgan fingerprint density at radius 1 is 1.03 bits per heavy atom. The average molecular weight is 515 g/mol. The maximum Gasteiger partial charge on any atom is 0.175 e. The minimum atomic E-state index is -3.27. The lowest BCUT2D eigenvalue weighted by Gasteiger charge is -2.15. The highest BCUT2D eigenvalue weighted by Crippen LogP contribution is 2.35. The van der Waals surface area contributed by atoms with Crippen molar-refractivity contribution in [1.29, 1.82) is 5.26 Å². The monoisotopic (exact) mass is 514 g/mol. The van der Waals surface area contributed by atoms with E-state index in [1.165, 1.54) is 24.4 Å². The summed E-state index contributed by atoms with van der Waals surface area (Å²) < 4.78 is 36.9. The fourth-order valence-electron chi connectivity index (χ4n) is 3.36. The number of rotatable bonds is 6. The van der Waals surface area contributed by atoms with Crippen LogP contribution >= 0.6 is 23.2 Å². The van der Waals surface area contributed by atoms with E-state index in [4.69, 9.17) is 23.2 Å². The van der Waals surface area contributed by atoms with Crippen LogP contribution in [0.15, 0.2) is 65.7 Å². The number of pyridine rings is 1. The first-order valence-electron chi connectivity index (χ1n) is 9.93. The molecule has 0 aliphatic heterocycles. The van der Waals surface area contributed by atoms with Gasteiger partial charge in [0.25, 0.3) is 0 Å². The molecule has 0 atom stereocenters. The second kappa shape index (κ2) is 9.47. The van der Waals surface area contributed by atoms with Gasteiger partial charge >= 0.3 is 0 Å². The summed E-state index contributed by atoms with van der Waals surface area (Å²) in [7, 11) is -3.27. The summed E-state index contributed by atoms with van der Waals surface area (Å²) in [5.74, 6) is -0.550. The smallest absolute Gasteiger partial charge is 0.175 e. The van der Waals surface area contributed by atoms with Gasteiger partial charge < -0.3 is 10.6 Å². The Bertz CT molecular complexity index is 1550. The molecule has 1 aromatic heterocycles. The third-order valence-electron chi connectivity index (χ3n) is 5.08. The molecule has 6 nitrogen and oxygen atoms in total. The fraction of sp³-hybridized carbons (Fsp3) is 0.0833. The molecule has 0 bridgehead atoms. The van der Waals surface area contributed by atoms with Crippen LogP contribution < -0.4 is 10.6 Å². The van der Waals surface area contributed by atoms with E-state index in [0.29, 0.717) is 39.5 Å². The summed E-state index contributed by atoms with van der Waals surface area (Å²) in [6.45, 7) is 0.410. The number of nitrogens with one attached hydrogen (secondary N) is 2. The van der Waals surface area contributed by atoms with Crippen LogP contribution in [0, 0.1) is 17.1 Å². The van der Waals surface area contributed by atoms with Crippen LogP contribution in [-0.4, -0.2) is 19.7 Å². The van der Waals surface area contributed by atoms with Crippen LogP contribution in [0.3, 0.4) is 0 Å². The van der Waals surface area contributed by atoms with Gasteiger partial charge in [-0.2, -0.15) is 5.26 Å². The second-order valence-corrected chi connectivity index (χ2v) is 10.4. The number of sulfone groups is 1. The maximum absolute atomic E-state index is 13.6. The second-order valence-electron chi connectivity index (χ2n) is 7.54. The van der Waals surface area contributed by atoms with E-state index in [1.807, 2.05) is 0 Å². The number of hydrogen-bond acceptors (Lipinski definition) is 6. The van der Waals surface area contributed by atoms with Crippen LogP contribution in [0.1, 0.15) is 11.1 Å². The van der Waals surface area contributed by atoms with Crippen molar-refractivity contribution >= 4 is 61.0 Å². The lowest BCUT2D eigenvalue weighted by Crippen LogP contribution is -2.02. The summed E-state index contributed by atoms with van der Waals surface area (Å²) in [5, 5.41) is 16.9. The third kappa shape index (κ3) is 5.07. The molecule has 0 aliphatic rings. The number of fused-ring (bicyclic) bond motifs is 1. The molecular formula is C24H17Cl2FN4O2S. The topological polar surface area (TPSA) is 94.9 Å². The Balaban J connectivity index is 1.68. The van der Waals surface area contributed by atoms with E-state index in [0.717, 1.165) is 11.8 Å². The molecule has 4 rings (SSSR count). The van der Waals surface area contributed by atoms with Crippen molar-refractivity contribution in [1.82, 2.24) is 4.98 Å². The summed E-state index contributed by atoms with van der Waals surface area (Å²) >= 11 is 12.4. The van der Waals surface area contributed by atoms with Gasteiger partial charge in [-0.1, -0.05) is 35.3 Å². The molecule has 0 saturated carbocycles. The number of aromatic nitrogens is 1. The van der Waals surface area contributed by atoms with Crippen molar-refractivity contribution in [2.75, 3.05) is 16.9 Å². The summed E-state index contributed by atoms with van der Waals surface area (Å²) in [5.41, 5.74) is 3.25. The van der Waals surface area contributed by atoms with Crippen molar-refractivity contribution in [3.63, 3.8) is 0 Å². The molecule has 0 saturated heterocycles. The van der Waals surface area contributed by atoms with Crippen LogP contribution in [0.4, 0.5) is 21.5 Å². The zero-order valence-electron chi connectivity index (χ0n) is 17.7. The summed E-state index contributed by atoms with van der Waals surface area (Å²) in [4.78, 5) is 4.56. The fourth-order valence-corrected chi connectivity index (χ4v) is 4.44. The molecule has 10 heteroatoms. The predicted octanol–water partition coefficient (Wildman–Crippen LogP) is 6.31. The number of nitriles is 1. The average Bonchev–Trinajstić information content (AvgIpc) is 2.80. The Morgan fingerprint density at radius 3 is 2.38 bits per heavy atom. The molecule has 0 spiro atoms. The molecule has 0 aliphatic carbocycles. The van der Waals surface area contributed by atoms with Gasteiger partial charge in [-0.3, -0.25) is 4.98 Å². The first-order valence-corrected chi connectivity index (χ1v) is 12.6. The number of halogens is 3. The largest absolute Gasteiger partial charge is 0.381 e. The van der Waals surface area contributed by atoms with Gasteiger partial charge in [0, 0.05) is 35.8 Å². The number of hydrogen-bond donors (Lipinski definition) is 2. The van der Waals surface area contributed by atoms with Crippen molar-refractivity contribution in [2.45, 2.75) is 11.4 Å². The van der Waals surface area contributed by atoms with Gasteiger partial charge in [0.2, 0.25) is 0 Å². The van der Waals surface area contributed by atoms with Crippen molar-refractivity contribution in [2.24, 2.45) is 0 Å².